The molecule has 0 aliphatic carbocycles. The number of ether oxygens (including phenoxy) is 2. The number of halogens is 1. The van der Waals surface area contributed by atoms with Crippen LogP contribution in [0.3, 0.4) is 0 Å². The fourth-order valence-corrected chi connectivity index (χ4v) is 2.82. The van der Waals surface area contributed by atoms with Crippen LogP contribution in [0, 0.1) is 0 Å². The van der Waals surface area contributed by atoms with Gasteiger partial charge in [-0.25, -0.2) is 0 Å². The first-order valence-corrected chi connectivity index (χ1v) is 8.23. The molecule has 0 unspecified atom stereocenters. The van der Waals surface area contributed by atoms with Gasteiger partial charge in [0.1, 0.15) is 0 Å². The second-order valence-electron chi connectivity index (χ2n) is 5.63. The van der Waals surface area contributed by atoms with Crippen molar-refractivity contribution in [2.45, 2.75) is 26.9 Å². The lowest BCUT2D eigenvalue weighted by Gasteiger charge is -2.21. The fraction of sp³-hybridized carbons (Fsp3) is 0.368. The molecule has 4 nitrogen and oxygen atoms in total. The highest BCUT2D eigenvalue weighted by Gasteiger charge is 2.12. The van der Waals surface area contributed by atoms with Crippen LogP contribution >= 0.6 is 12.4 Å². The van der Waals surface area contributed by atoms with Crippen LogP contribution in [0.25, 0.3) is 0 Å². The highest BCUT2D eigenvalue weighted by molar-refractivity contribution is 5.85. The first-order valence-electron chi connectivity index (χ1n) is 8.23. The maximum atomic E-state index is 5.41. The van der Waals surface area contributed by atoms with Gasteiger partial charge < -0.3 is 19.7 Å². The van der Waals surface area contributed by atoms with E-state index in [0.717, 1.165) is 37.7 Å². The molecule has 1 N–H and O–H groups in total. The normalized spacial score (nSPS) is 11.9. The van der Waals surface area contributed by atoms with E-state index < -0.39 is 0 Å². The Morgan fingerprint density at radius 1 is 0.875 bits per heavy atom. The third kappa shape index (κ3) is 4.34. The summed E-state index contributed by atoms with van der Waals surface area (Å²) in [4.78, 5) is 2.35. The van der Waals surface area contributed by atoms with Crippen molar-refractivity contribution in [1.29, 1.82) is 0 Å². The number of rotatable bonds is 7. The fourth-order valence-electron chi connectivity index (χ4n) is 2.82. The smallest absolute Gasteiger partial charge is 0.231 e. The molecule has 0 atom stereocenters. The summed E-state index contributed by atoms with van der Waals surface area (Å²) in [5.41, 5.74) is 3.78. The Balaban J connectivity index is 0.00000208. The molecule has 0 spiro atoms. The average Bonchev–Trinajstić information content (AvgIpc) is 3.05. The van der Waals surface area contributed by atoms with Crippen LogP contribution in [0.15, 0.2) is 42.5 Å². The Bertz CT molecular complexity index is 642. The third-order valence-electron chi connectivity index (χ3n) is 4.16. The van der Waals surface area contributed by atoms with Crippen molar-refractivity contribution in [3.63, 3.8) is 0 Å². The second-order valence-corrected chi connectivity index (χ2v) is 5.63. The highest BCUT2D eigenvalue weighted by atomic mass is 35.5. The SMILES string of the molecule is CCN(CC)c1ccc(CNCc2ccc3c(c2)OCO3)cc1.Cl. The predicted octanol–water partition coefficient (Wildman–Crippen LogP) is 3.97. The maximum absolute atomic E-state index is 5.41. The lowest BCUT2D eigenvalue weighted by molar-refractivity contribution is 0.174. The van der Waals surface area contributed by atoms with E-state index >= 15 is 0 Å². The van der Waals surface area contributed by atoms with Crippen LogP contribution in [0.5, 0.6) is 11.5 Å². The van der Waals surface area contributed by atoms with Gasteiger partial charge >= 0.3 is 0 Å². The van der Waals surface area contributed by atoms with Crippen LogP contribution in [0.4, 0.5) is 5.69 Å². The van der Waals surface area contributed by atoms with E-state index in [4.69, 9.17) is 9.47 Å². The van der Waals surface area contributed by atoms with Crippen molar-refractivity contribution >= 4 is 18.1 Å². The Morgan fingerprint density at radius 3 is 2.21 bits per heavy atom. The van der Waals surface area contributed by atoms with E-state index in [0.29, 0.717) is 6.79 Å². The number of anilines is 1. The van der Waals surface area contributed by atoms with Gasteiger partial charge in [0.25, 0.3) is 0 Å². The molecule has 0 amide bonds. The van der Waals surface area contributed by atoms with Crippen molar-refractivity contribution < 1.29 is 9.47 Å². The van der Waals surface area contributed by atoms with Gasteiger partial charge in [-0.05, 0) is 49.2 Å². The summed E-state index contributed by atoms with van der Waals surface area (Å²) in [6.45, 7) is 8.44. The van der Waals surface area contributed by atoms with E-state index in [2.05, 4.69) is 54.4 Å². The summed E-state index contributed by atoms with van der Waals surface area (Å²) < 4.78 is 10.7. The summed E-state index contributed by atoms with van der Waals surface area (Å²) in [5, 5.41) is 3.48. The molecule has 0 saturated carbocycles. The van der Waals surface area contributed by atoms with Gasteiger partial charge in [0, 0.05) is 31.9 Å². The first kappa shape index (κ1) is 18.4. The van der Waals surface area contributed by atoms with Crippen molar-refractivity contribution in [2.75, 3.05) is 24.8 Å². The van der Waals surface area contributed by atoms with E-state index in [-0.39, 0.29) is 12.4 Å². The van der Waals surface area contributed by atoms with Crippen molar-refractivity contribution in [1.82, 2.24) is 5.32 Å². The van der Waals surface area contributed by atoms with Crippen LogP contribution in [0.1, 0.15) is 25.0 Å². The van der Waals surface area contributed by atoms with Crippen LogP contribution in [-0.4, -0.2) is 19.9 Å². The Morgan fingerprint density at radius 2 is 1.50 bits per heavy atom. The molecule has 0 radical (unpaired) electrons. The van der Waals surface area contributed by atoms with Gasteiger partial charge in [0.05, 0.1) is 0 Å². The van der Waals surface area contributed by atoms with Crippen molar-refractivity contribution in [2.24, 2.45) is 0 Å². The van der Waals surface area contributed by atoms with E-state index in [9.17, 15) is 0 Å². The molecule has 0 fully saturated rings. The molecule has 5 heteroatoms. The van der Waals surface area contributed by atoms with Gasteiger partial charge in [0.2, 0.25) is 6.79 Å². The molecule has 0 aromatic heterocycles. The van der Waals surface area contributed by atoms with Crippen LogP contribution in [0.2, 0.25) is 0 Å². The van der Waals surface area contributed by atoms with E-state index in [1.54, 1.807) is 0 Å². The average molecular weight is 349 g/mol. The Labute approximate surface area is 150 Å². The molecular weight excluding hydrogens is 324 g/mol. The summed E-state index contributed by atoms with van der Waals surface area (Å²) in [6, 6.07) is 14.9. The van der Waals surface area contributed by atoms with Gasteiger partial charge in [-0.3, -0.25) is 0 Å². The molecule has 0 bridgehead atoms. The topological polar surface area (TPSA) is 33.7 Å². The molecule has 2 aromatic rings. The van der Waals surface area contributed by atoms with Crippen LogP contribution in [-0.2, 0) is 13.1 Å². The van der Waals surface area contributed by atoms with Crippen molar-refractivity contribution in [3.8, 4) is 11.5 Å². The summed E-state index contributed by atoms with van der Waals surface area (Å²) in [5.74, 6) is 1.67. The first-order chi connectivity index (χ1) is 11.3. The summed E-state index contributed by atoms with van der Waals surface area (Å²) >= 11 is 0. The Kier molecular flexibility index (Phi) is 6.76. The summed E-state index contributed by atoms with van der Waals surface area (Å²) in [7, 11) is 0. The minimum atomic E-state index is 0. The second kappa shape index (κ2) is 8.81. The van der Waals surface area contributed by atoms with E-state index in [1.807, 2.05) is 12.1 Å². The predicted molar refractivity (Wildman–Crippen MR) is 100 cm³/mol. The lowest BCUT2D eigenvalue weighted by atomic mass is 10.1. The number of hydrogen-bond acceptors (Lipinski definition) is 4. The van der Waals surface area contributed by atoms with Crippen molar-refractivity contribution in [3.05, 3.63) is 53.6 Å². The lowest BCUT2D eigenvalue weighted by Crippen LogP contribution is -2.21. The molecule has 3 rings (SSSR count). The zero-order valence-electron chi connectivity index (χ0n) is 14.2. The number of benzene rings is 2. The standard InChI is InChI=1S/C19H24N2O2.ClH/c1-3-21(4-2)17-8-5-15(6-9-17)12-20-13-16-7-10-18-19(11-16)23-14-22-18;/h5-11,20H,3-4,12-14H2,1-2H3;1H. The zero-order chi connectivity index (χ0) is 16.1. The number of nitrogens with zero attached hydrogens (tertiary/aromatic N) is 1. The molecule has 2 aromatic carbocycles. The number of hydrogen-bond donors (Lipinski definition) is 1. The molecule has 1 aliphatic rings. The molecule has 1 heterocycles. The van der Waals surface area contributed by atoms with Gasteiger partial charge in [-0.15, -0.1) is 12.4 Å². The number of nitrogens with one attached hydrogen (secondary N) is 1. The third-order valence-corrected chi connectivity index (χ3v) is 4.16. The molecule has 1 aliphatic heterocycles. The monoisotopic (exact) mass is 348 g/mol. The quantitative estimate of drug-likeness (QED) is 0.820. The minimum Gasteiger partial charge on any atom is -0.454 e. The van der Waals surface area contributed by atoms with E-state index in [1.165, 1.54) is 16.8 Å². The van der Waals surface area contributed by atoms with Gasteiger partial charge in [-0.1, -0.05) is 18.2 Å². The number of fused-ring (bicyclic) bond motifs is 1. The minimum absolute atomic E-state index is 0. The van der Waals surface area contributed by atoms with Crippen LogP contribution < -0.4 is 19.7 Å². The van der Waals surface area contributed by atoms with Gasteiger partial charge in [-0.2, -0.15) is 0 Å². The maximum Gasteiger partial charge on any atom is 0.231 e. The molecular formula is C19H25ClN2O2. The molecule has 0 saturated heterocycles. The molecule has 24 heavy (non-hydrogen) atoms. The Hall–Kier alpha value is -1.91. The largest absolute Gasteiger partial charge is 0.454 e. The highest BCUT2D eigenvalue weighted by Crippen LogP contribution is 2.32. The zero-order valence-corrected chi connectivity index (χ0v) is 15.1. The summed E-state index contributed by atoms with van der Waals surface area (Å²) in [6.07, 6.45) is 0. The molecule has 130 valence electrons. The van der Waals surface area contributed by atoms with Gasteiger partial charge in [0.15, 0.2) is 11.5 Å².